The molecule has 20 heavy (non-hydrogen) atoms. The molecule has 0 aromatic heterocycles. The van der Waals surface area contributed by atoms with Crippen LogP contribution in [0.2, 0.25) is 0 Å². The third kappa shape index (κ3) is 3.15. The van der Waals surface area contributed by atoms with Crippen LogP contribution < -0.4 is 16.0 Å². The first-order valence-corrected chi connectivity index (χ1v) is 7.91. The van der Waals surface area contributed by atoms with Crippen molar-refractivity contribution >= 4 is 0 Å². The molecular weight excluding hydrogens is 248 g/mol. The molecule has 0 heterocycles. The molecule has 0 amide bonds. The van der Waals surface area contributed by atoms with Gasteiger partial charge in [-0.2, -0.15) is 0 Å². The van der Waals surface area contributed by atoms with Gasteiger partial charge in [-0.1, -0.05) is 12.1 Å². The smallest absolute Gasteiger partial charge is 0.120 e. The zero-order chi connectivity index (χ0) is 14.1. The van der Waals surface area contributed by atoms with E-state index in [4.69, 9.17) is 10.6 Å². The lowest BCUT2D eigenvalue weighted by atomic mass is 9.85. The van der Waals surface area contributed by atoms with Crippen LogP contribution in [-0.2, 0) is 0 Å². The van der Waals surface area contributed by atoms with E-state index >= 15 is 0 Å². The molecule has 1 aromatic carbocycles. The molecule has 1 aromatic rings. The van der Waals surface area contributed by atoms with Gasteiger partial charge in [0.05, 0.1) is 6.10 Å². The zero-order valence-corrected chi connectivity index (χ0v) is 12.5. The molecule has 0 radical (unpaired) electrons. The van der Waals surface area contributed by atoms with Gasteiger partial charge in [-0.05, 0) is 75.0 Å². The highest BCUT2D eigenvalue weighted by molar-refractivity contribution is 5.31. The number of hydrazine groups is 1. The molecule has 3 nitrogen and oxygen atoms in total. The molecule has 2 saturated carbocycles. The Morgan fingerprint density at radius 1 is 1.15 bits per heavy atom. The second kappa shape index (κ2) is 5.74. The minimum atomic E-state index is 0.206. The van der Waals surface area contributed by atoms with Gasteiger partial charge in [0, 0.05) is 6.04 Å². The number of hydrogen-bond donors (Lipinski definition) is 2. The van der Waals surface area contributed by atoms with Gasteiger partial charge in [0.1, 0.15) is 5.75 Å². The van der Waals surface area contributed by atoms with E-state index in [0.29, 0.717) is 5.92 Å². The fraction of sp³-hybridized carbons (Fsp3) is 0.647. The van der Waals surface area contributed by atoms with Gasteiger partial charge in [-0.15, -0.1) is 0 Å². The van der Waals surface area contributed by atoms with Crippen molar-refractivity contribution in [2.75, 3.05) is 0 Å². The quantitative estimate of drug-likeness (QED) is 0.591. The van der Waals surface area contributed by atoms with Crippen LogP contribution >= 0.6 is 0 Å². The molecule has 2 fully saturated rings. The first-order chi connectivity index (χ1) is 9.69. The summed E-state index contributed by atoms with van der Waals surface area (Å²) >= 11 is 0. The summed E-state index contributed by atoms with van der Waals surface area (Å²) < 4.78 is 5.81. The van der Waals surface area contributed by atoms with E-state index in [9.17, 15) is 0 Å². The van der Waals surface area contributed by atoms with Crippen molar-refractivity contribution in [1.82, 2.24) is 5.43 Å². The molecule has 2 aliphatic rings. The van der Waals surface area contributed by atoms with Crippen LogP contribution in [0.1, 0.15) is 51.1 Å². The van der Waals surface area contributed by atoms with Crippen molar-refractivity contribution in [3.63, 3.8) is 0 Å². The van der Waals surface area contributed by atoms with Crippen LogP contribution in [0.25, 0.3) is 0 Å². The Balaban J connectivity index is 1.80. The molecule has 1 atom stereocenters. The normalized spacial score (nSPS) is 20.4. The van der Waals surface area contributed by atoms with Gasteiger partial charge >= 0.3 is 0 Å². The van der Waals surface area contributed by atoms with Crippen LogP contribution in [0.3, 0.4) is 0 Å². The van der Waals surface area contributed by atoms with Crippen molar-refractivity contribution in [1.29, 1.82) is 0 Å². The molecule has 0 aliphatic heterocycles. The molecule has 2 aliphatic carbocycles. The molecule has 0 bridgehead atoms. The predicted octanol–water partition coefficient (Wildman–Crippen LogP) is 3.41. The molecule has 110 valence electrons. The molecule has 3 N–H and O–H groups in total. The molecule has 3 rings (SSSR count). The standard InChI is InChI=1S/C17H26N2O/c1-11(2)20-15-5-3-4-14(10-15)17(19-18)16(12-6-7-12)13-8-9-13/h3-5,10-13,16-17,19H,6-9,18H2,1-2H3. The first-order valence-electron chi connectivity index (χ1n) is 7.91. The maximum absolute atomic E-state index is 5.90. The minimum absolute atomic E-state index is 0.206. The van der Waals surface area contributed by atoms with Crippen LogP contribution in [0.4, 0.5) is 0 Å². The summed E-state index contributed by atoms with van der Waals surface area (Å²) in [6.07, 6.45) is 5.71. The van der Waals surface area contributed by atoms with E-state index in [2.05, 4.69) is 37.5 Å². The fourth-order valence-electron chi connectivity index (χ4n) is 3.37. The lowest BCUT2D eigenvalue weighted by Crippen LogP contribution is -2.35. The van der Waals surface area contributed by atoms with Crippen molar-refractivity contribution in [2.45, 2.75) is 51.7 Å². The second-order valence-electron chi connectivity index (χ2n) is 6.64. The molecule has 3 heteroatoms. The van der Waals surface area contributed by atoms with Gasteiger partial charge in [0.25, 0.3) is 0 Å². The Bertz CT molecular complexity index is 440. The second-order valence-corrected chi connectivity index (χ2v) is 6.64. The van der Waals surface area contributed by atoms with Crippen molar-refractivity contribution in [3.8, 4) is 5.75 Å². The van der Waals surface area contributed by atoms with Gasteiger partial charge in [-0.25, -0.2) is 0 Å². The zero-order valence-electron chi connectivity index (χ0n) is 12.5. The summed E-state index contributed by atoms with van der Waals surface area (Å²) in [5.41, 5.74) is 4.36. The number of hydrogen-bond acceptors (Lipinski definition) is 3. The Kier molecular flexibility index (Phi) is 3.99. The Labute approximate surface area is 121 Å². The lowest BCUT2D eigenvalue weighted by molar-refractivity contribution is 0.240. The van der Waals surface area contributed by atoms with Gasteiger partial charge in [-0.3, -0.25) is 11.3 Å². The Morgan fingerprint density at radius 3 is 2.30 bits per heavy atom. The number of nitrogens with two attached hydrogens (primary N) is 1. The van der Waals surface area contributed by atoms with E-state index in [1.54, 1.807) is 0 Å². The molecular formula is C17H26N2O. The topological polar surface area (TPSA) is 47.3 Å². The van der Waals surface area contributed by atoms with Crippen LogP contribution in [0.15, 0.2) is 24.3 Å². The summed E-state index contributed by atoms with van der Waals surface area (Å²) in [6, 6.07) is 8.71. The van der Waals surface area contributed by atoms with Crippen molar-refractivity contribution < 1.29 is 4.74 Å². The number of rotatable bonds is 7. The average molecular weight is 274 g/mol. The van der Waals surface area contributed by atoms with Crippen LogP contribution in [0, 0.1) is 17.8 Å². The van der Waals surface area contributed by atoms with E-state index in [-0.39, 0.29) is 12.1 Å². The first kappa shape index (κ1) is 13.9. The highest BCUT2D eigenvalue weighted by Gasteiger charge is 2.45. The largest absolute Gasteiger partial charge is 0.491 e. The monoisotopic (exact) mass is 274 g/mol. The summed E-state index contributed by atoms with van der Waals surface area (Å²) in [7, 11) is 0. The lowest BCUT2D eigenvalue weighted by Gasteiger charge is -2.27. The Morgan fingerprint density at radius 2 is 1.80 bits per heavy atom. The average Bonchev–Trinajstić information content (AvgIpc) is 3.27. The third-order valence-electron chi connectivity index (χ3n) is 4.49. The van der Waals surface area contributed by atoms with Crippen LogP contribution in [0.5, 0.6) is 5.75 Å². The van der Waals surface area contributed by atoms with Crippen molar-refractivity contribution in [2.24, 2.45) is 23.6 Å². The van der Waals surface area contributed by atoms with Gasteiger partial charge in [0.15, 0.2) is 0 Å². The van der Waals surface area contributed by atoms with E-state index in [0.717, 1.165) is 17.6 Å². The SMILES string of the molecule is CC(C)Oc1cccc(C(NN)C(C2CC2)C2CC2)c1. The van der Waals surface area contributed by atoms with E-state index < -0.39 is 0 Å². The maximum atomic E-state index is 5.90. The molecule has 0 spiro atoms. The molecule has 0 saturated heterocycles. The number of nitrogens with one attached hydrogen (secondary N) is 1. The summed E-state index contributed by atoms with van der Waals surface area (Å²) in [4.78, 5) is 0. The van der Waals surface area contributed by atoms with Gasteiger partial charge < -0.3 is 4.74 Å². The highest BCUT2D eigenvalue weighted by Crippen LogP contribution is 2.54. The summed E-state index contributed by atoms with van der Waals surface area (Å²) in [6.45, 7) is 4.12. The fourth-order valence-corrected chi connectivity index (χ4v) is 3.37. The Hall–Kier alpha value is -1.06. The predicted molar refractivity (Wildman–Crippen MR) is 81.2 cm³/mol. The maximum Gasteiger partial charge on any atom is 0.120 e. The van der Waals surface area contributed by atoms with Crippen LogP contribution in [-0.4, -0.2) is 6.10 Å². The molecule has 1 unspecified atom stereocenters. The van der Waals surface area contributed by atoms with E-state index in [1.165, 1.54) is 31.2 Å². The summed E-state index contributed by atoms with van der Waals surface area (Å²) in [5.74, 6) is 9.29. The number of benzene rings is 1. The number of ether oxygens (including phenoxy) is 1. The van der Waals surface area contributed by atoms with Gasteiger partial charge in [0.2, 0.25) is 0 Å². The summed E-state index contributed by atoms with van der Waals surface area (Å²) in [5, 5.41) is 0. The highest BCUT2D eigenvalue weighted by atomic mass is 16.5. The minimum Gasteiger partial charge on any atom is -0.491 e. The van der Waals surface area contributed by atoms with Crippen molar-refractivity contribution in [3.05, 3.63) is 29.8 Å². The third-order valence-corrected chi connectivity index (χ3v) is 4.49. The van der Waals surface area contributed by atoms with E-state index in [1.807, 2.05) is 6.07 Å².